The van der Waals surface area contributed by atoms with Crippen LogP contribution >= 0.6 is 0 Å². The molecule has 0 fully saturated rings. The first kappa shape index (κ1) is 16.9. The number of ketones is 1. The molecule has 0 saturated heterocycles. The molecule has 0 aliphatic heterocycles. The monoisotopic (exact) mass is 353 g/mol. The Labute approximate surface area is 157 Å². The minimum Gasteiger partial charge on any atom is -0.295 e. The number of hydrogen-bond donors (Lipinski definition) is 0. The van der Waals surface area contributed by atoms with Crippen molar-refractivity contribution in [3.05, 3.63) is 84.6 Å². The van der Waals surface area contributed by atoms with Crippen molar-refractivity contribution in [2.45, 2.75) is 13.8 Å². The van der Waals surface area contributed by atoms with Gasteiger partial charge in [-0.1, -0.05) is 48.6 Å². The van der Waals surface area contributed by atoms with Gasteiger partial charge >= 0.3 is 0 Å². The van der Waals surface area contributed by atoms with E-state index in [1.807, 2.05) is 72.2 Å². The number of carbonyl (C=O) groups is 1. The molecule has 4 aromatic rings. The number of aromatic nitrogens is 3. The molecule has 2 aromatic heterocycles. The highest BCUT2D eigenvalue weighted by atomic mass is 16.1. The van der Waals surface area contributed by atoms with E-state index in [4.69, 9.17) is 5.10 Å². The normalized spacial score (nSPS) is 10.9. The molecule has 0 amide bonds. The van der Waals surface area contributed by atoms with E-state index >= 15 is 0 Å². The third-order valence-corrected chi connectivity index (χ3v) is 4.58. The van der Waals surface area contributed by atoms with Gasteiger partial charge in [0, 0.05) is 16.7 Å². The van der Waals surface area contributed by atoms with Crippen molar-refractivity contribution < 1.29 is 4.79 Å². The molecule has 0 N–H and O–H groups in total. The van der Waals surface area contributed by atoms with Gasteiger partial charge in [-0.15, -0.1) is 0 Å². The molecule has 0 aliphatic rings. The second-order valence-corrected chi connectivity index (χ2v) is 6.63. The first-order chi connectivity index (χ1) is 13.0. The number of imidazole rings is 1. The summed E-state index contributed by atoms with van der Waals surface area (Å²) < 4.78 is 1.84. The lowest BCUT2D eigenvalue weighted by atomic mass is 10.0. The number of benzene rings is 2. The summed E-state index contributed by atoms with van der Waals surface area (Å²) >= 11 is 0. The maximum absolute atomic E-state index is 11.7. The fourth-order valence-electron chi connectivity index (χ4n) is 3.07. The van der Waals surface area contributed by atoms with E-state index in [2.05, 4.69) is 17.6 Å². The SMILES string of the molecule is C=C(C)c1cccc(-c2cnc3ccc(-c4cccc(C(C)=O)c4)nn23)c1. The Kier molecular flexibility index (Phi) is 4.16. The molecule has 27 heavy (non-hydrogen) atoms. The molecule has 132 valence electrons. The number of carbonyl (C=O) groups excluding carboxylic acids is 1. The summed E-state index contributed by atoms with van der Waals surface area (Å²) in [5.74, 6) is 0.0397. The third kappa shape index (κ3) is 3.17. The van der Waals surface area contributed by atoms with Crippen LogP contribution in [0.25, 0.3) is 33.7 Å². The zero-order chi connectivity index (χ0) is 19.0. The molecule has 0 spiro atoms. The number of hydrogen-bond acceptors (Lipinski definition) is 3. The average Bonchev–Trinajstić information content (AvgIpc) is 3.11. The minimum absolute atomic E-state index is 0.0397. The van der Waals surface area contributed by atoms with Crippen molar-refractivity contribution in [3.8, 4) is 22.5 Å². The van der Waals surface area contributed by atoms with Crippen molar-refractivity contribution in [1.82, 2.24) is 14.6 Å². The van der Waals surface area contributed by atoms with Crippen LogP contribution in [0.1, 0.15) is 29.8 Å². The Balaban J connectivity index is 1.85. The zero-order valence-corrected chi connectivity index (χ0v) is 15.3. The standard InChI is InChI=1S/C23H19N3O/c1-15(2)17-6-4-9-20(12-17)22-14-24-23-11-10-21(25-26(22)23)19-8-5-7-18(13-19)16(3)27/h4-14H,1H2,2-3H3. The molecule has 2 aromatic carbocycles. The van der Waals surface area contributed by atoms with Gasteiger partial charge in [-0.3, -0.25) is 4.79 Å². The first-order valence-electron chi connectivity index (χ1n) is 8.75. The Bertz CT molecular complexity index is 1190. The summed E-state index contributed by atoms with van der Waals surface area (Å²) in [6.45, 7) is 7.58. The van der Waals surface area contributed by atoms with E-state index in [0.717, 1.165) is 39.3 Å². The van der Waals surface area contributed by atoms with Crippen molar-refractivity contribution in [3.63, 3.8) is 0 Å². The van der Waals surface area contributed by atoms with E-state index in [1.165, 1.54) is 0 Å². The summed E-state index contributed by atoms with van der Waals surface area (Å²) in [6.07, 6.45) is 1.83. The van der Waals surface area contributed by atoms with E-state index < -0.39 is 0 Å². The first-order valence-corrected chi connectivity index (χ1v) is 8.75. The van der Waals surface area contributed by atoms with Gasteiger partial charge in [-0.25, -0.2) is 9.50 Å². The van der Waals surface area contributed by atoms with Crippen LogP contribution in [0.2, 0.25) is 0 Å². The van der Waals surface area contributed by atoms with Crippen molar-refractivity contribution in [2.75, 3.05) is 0 Å². The smallest absolute Gasteiger partial charge is 0.159 e. The maximum atomic E-state index is 11.7. The number of nitrogens with zero attached hydrogens (tertiary/aromatic N) is 3. The molecule has 0 aliphatic carbocycles. The summed E-state index contributed by atoms with van der Waals surface area (Å²) in [6, 6.07) is 19.6. The van der Waals surface area contributed by atoms with E-state index in [9.17, 15) is 4.79 Å². The minimum atomic E-state index is 0.0397. The van der Waals surface area contributed by atoms with Crippen molar-refractivity contribution >= 4 is 17.0 Å². The van der Waals surface area contributed by atoms with Crippen LogP contribution in [0.15, 0.2) is 73.4 Å². The molecule has 4 rings (SSSR count). The molecule has 0 saturated carbocycles. The highest BCUT2D eigenvalue weighted by Crippen LogP contribution is 2.25. The van der Waals surface area contributed by atoms with Crippen LogP contribution in [0.3, 0.4) is 0 Å². The Morgan fingerprint density at radius 2 is 1.63 bits per heavy atom. The Morgan fingerprint density at radius 1 is 0.926 bits per heavy atom. The number of allylic oxidation sites excluding steroid dienone is 1. The predicted octanol–water partition coefficient (Wildman–Crippen LogP) is 5.30. The molecule has 0 atom stereocenters. The lowest BCUT2D eigenvalue weighted by Crippen LogP contribution is -1.98. The lowest BCUT2D eigenvalue weighted by Gasteiger charge is -2.07. The molecule has 4 nitrogen and oxygen atoms in total. The van der Waals surface area contributed by atoms with Gasteiger partial charge in [0.25, 0.3) is 0 Å². The van der Waals surface area contributed by atoms with Gasteiger partial charge in [-0.2, -0.15) is 5.10 Å². The van der Waals surface area contributed by atoms with E-state index in [-0.39, 0.29) is 5.78 Å². The quantitative estimate of drug-likeness (QED) is 0.468. The molecule has 0 bridgehead atoms. The van der Waals surface area contributed by atoms with E-state index in [0.29, 0.717) is 5.56 Å². The second kappa shape index (κ2) is 6.65. The van der Waals surface area contributed by atoms with E-state index in [1.54, 1.807) is 6.92 Å². The molecule has 0 radical (unpaired) electrons. The number of rotatable bonds is 4. The average molecular weight is 353 g/mol. The van der Waals surface area contributed by atoms with Crippen LogP contribution in [-0.2, 0) is 0 Å². The summed E-state index contributed by atoms with van der Waals surface area (Å²) in [7, 11) is 0. The van der Waals surface area contributed by atoms with Crippen LogP contribution < -0.4 is 0 Å². The van der Waals surface area contributed by atoms with Gasteiger partial charge in [0.1, 0.15) is 0 Å². The summed E-state index contributed by atoms with van der Waals surface area (Å²) in [5, 5.41) is 4.78. The predicted molar refractivity (Wildman–Crippen MR) is 109 cm³/mol. The van der Waals surface area contributed by atoms with Crippen molar-refractivity contribution in [2.24, 2.45) is 0 Å². The van der Waals surface area contributed by atoms with Crippen molar-refractivity contribution in [1.29, 1.82) is 0 Å². The molecular weight excluding hydrogens is 334 g/mol. The fraction of sp³-hybridized carbons (Fsp3) is 0.0870. The number of fused-ring (bicyclic) bond motifs is 1. The largest absolute Gasteiger partial charge is 0.295 e. The zero-order valence-electron chi connectivity index (χ0n) is 15.3. The van der Waals surface area contributed by atoms with Crippen LogP contribution in [0.5, 0.6) is 0 Å². The highest BCUT2D eigenvalue weighted by Gasteiger charge is 2.10. The van der Waals surface area contributed by atoms with Crippen LogP contribution in [0, 0.1) is 0 Å². The fourth-order valence-corrected chi connectivity index (χ4v) is 3.07. The van der Waals surface area contributed by atoms with Gasteiger partial charge in [0.2, 0.25) is 0 Å². The lowest BCUT2D eigenvalue weighted by molar-refractivity contribution is 0.101. The third-order valence-electron chi connectivity index (χ3n) is 4.58. The molecule has 4 heteroatoms. The van der Waals surface area contributed by atoms with Gasteiger partial charge in [0.05, 0.1) is 17.6 Å². The second-order valence-electron chi connectivity index (χ2n) is 6.63. The summed E-state index contributed by atoms with van der Waals surface area (Å²) in [4.78, 5) is 16.2. The topological polar surface area (TPSA) is 47.3 Å². The van der Waals surface area contributed by atoms with Gasteiger partial charge in [0.15, 0.2) is 11.4 Å². The van der Waals surface area contributed by atoms with Gasteiger partial charge in [-0.05, 0) is 43.7 Å². The maximum Gasteiger partial charge on any atom is 0.159 e. The van der Waals surface area contributed by atoms with Gasteiger partial charge < -0.3 is 0 Å². The van der Waals surface area contributed by atoms with Crippen LogP contribution in [-0.4, -0.2) is 20.4 Å². The Morgan fingerprint density at radius 3 is 2.37 bits per heavy atom. The summed E-state index contributed by atoms with van der Waals surface area (Å²) in [5.41, 5.74) is 7.20. The molecule has 0 unspecified atom stereocenters. The number of Topliss-reactive ketones (excluding diaryl/α,β-unsaturated/α-hetero) is 1. The Hall–Kier alpha value is -3.53. The van der Waals surface area contributed by atoms with Crippen LogP contribution in [0.4, 0.5) is 0 Å². The molecule has 2 heterocycles. The highest BCUT2D eigenvalue weighted by molar-refractivity contribution is 5.95. The molecular formula is C23H19N3O.